The fourth-order valence-corrected chi connectivity index (χ4v) is 2.20. The van der Waals surface area contributed by atoms with E-state index >= 15 is 0 Å². The van der Waals surface area contributed by atoms with Crippen molar-refractivity contribution in [1.82, 2.24) is 9.97 Å². The number of hydrogen-bond donors (Lipinski definition) is 0. The lowest BCUT2D eigenvalue weighted by Gasteiger charge is -2.18. The number of rotatable bonds is 4. The normalized spacial score (nSPS) is 13.8. The summed E-state index contributed by atoms with van der Waals surface area (Å²) in [6.07, 6.45) is 2.34. The second-order valence-corrected chi connectivity index (χ2v) is 5.21. The fourth-order valence-electron chi connectivity index (χ4n) is 2.20. The van der Waals surface area contributed by atoms with Crippen LogP contribution in [0, 0.1) is 11.3 Å². The molecule has 0 bridgehead atoms. The molecule has 1 aliphatic carbocycles. The molecule has 3 rings (SSSR count). The monoisotopic (exact) mass is 264 g/mol. The second-order valence-electron chi connectivity index (χ2n) is 5.21. The third-order valence-electron chi connectivity index (χ3n) is 3.45. The highest BCUT2D eigenvalue weighted by atomic mass is 15.2. The van der Waals surface area contributed by atoms with Crippen molar-refractivity contribution < 1.29 is 0 Å². The Kier molecular flexibility index (Phi) is 3.34. The van der Waals surface area contributed by atoms with Crippen LogP contribution in [0.25, 0.3) is 0 Å². The van der Waals surface area contributed by atoms with Crippen molar-refractivity contribution in [3.63, 3.8) is 0 Å². The van der Waals surface area contributed by atoms with Crippen LogP contribution < -0.4 is 4.90 Å². The highest BCUT2D eigenvalue weighted by Crippen LogP contribution is 2.39. The molecule has 1 aromatic carbocycles. The average Bonchev–Trinajstić information content (AvgIpc) is 3.32. The molecule has 4 heteroatoms. The van der Waals surface area contributed by atoms with E-state index in [1.807, 2.05) is 36.2 Å². The van der Waals surface area contributed by atoms with Gasteiger partial charge in [0, 0.05) is 19.5 Å². The molecule has 1 aliphatic rings. The summed E-state index contributed by atoms with van der Waals surface area (Å²) >= 11 is 0. The number of nitrogens with zero attached hydrogens (tertiary/aromatic N) is 4. The van der Waals surface area contributed by atoms with Crippen LogP contribution >= 0.6 is 0 Å². The van der Waals surface area contributed by atoms with Crippen molar-refractivity contribution in [2.75, 3.05) is 11.9 Å². The van der Waals surface area contributed by atoms with Crippen molar-refractivity contribution in [1.29, 1.82) is 5.26 Å². The van der Waals surface area contributed by atoms with E-state index < -0.39 is 0 Å². The Hall–Kier alpha value is -2.41. The van der Waals surface area contributed by atoms with Crippen LogP contribution in [0.1, 0.15) is 35.7 Å². The van der Waals surface area contributed by atoms with Gasteiger partial charge in [0.1, 0.15) is 11.8 Å². The summed E-state index contributed by atoms with van der Waals surface area (Å²) in [5.41, 5.74) is 2.66. The van der Waals surface area contributed by atoms with E-state index in [-0.39, 0.29) is 0 Å². The molecule has 100 valence electrons. The van der Waals surface area contributed by atoms with Crippen LogP contribution in [0.4, 0.5) is 5.95 Å². The smallest absolute Gasteiger partial charge is 0.226 e. The molecule has 0 radical (unpaired) electrons. The minimum Gasteiger partial charge on any atom is -0.340 e. The number of hydrogen-bond acceptors (Lipinski definition) is 4. The summed E-state index contributed by atoms with van der Waals surface area (Å²) in [6, 6.07) is 14.1. The summed E-state index contributed by atoms with van der Waals surface area (Å²) in [4.78, 5) is 10.9. The quantitative estimate of drug-likeness (QED) is 0.852. The van der Waals surface area contributed by atoms with Gasteiger partial charge in [0.15, 0.2) is 0 Å². The first kappa shape index (κ1) is 12.6. The summed E-state index contributed by atoms with van der Waals surface area (Å²) in [5.74, 6) is 1.16. The van der Waals surface area contributed by atoms with Gasteiger partial charge >= 0.3 is 0 Å². The van der Waals surface area contributed by atoms with Crippen LogP contribution in [0.15, 0.2) is 36.4 Å². The molecular weight excluding hydrogens is 248 g/mol. The van der Waals surface area contributed by atoms with Crippen LogP contribution in [0.5, 0.6) is 0 Å². The minimum absolute atomic E-state index is 0.455. The summed E-state index contributed by atoms with van der Waals surface area (Å²) < 4.78 is 0. The molecular formula is C16H16N4. The molecule has 0 saturated heterocycles. The first-order valence-electron chi connectivity index (χ1n) is 6.80. The standard InChI is InChI=1S/C16H16N4/c1-20(11-12-5-3-2-4-6-12)16-18-14(10-17)9-15(19-16)13-7-8-13/h2-6,9,13H,7-8,11H2,1H3. The van der Waals surface area contributed by atoms with Crippen LogP contribution in [0.3, 0.4) is 0 Å². The van der Waals surface area contributed by atoms with Crippen LogP contribution in [-0.4, -0.2) is 17.0 Å². The molecule has 4 nitrogen and oxygen atoms in total. The summed E-state index contributed by atoms with van der Waals surface area (Å²) in [5, 5.41) is 9.10. The topological polar surface area (TPSA) is 52.8 Å². The minimum atomic E-state index is 0.455. The molecule has 20 heavy (non-hydrogen) atoms. The Bertz CT molecular complexity index is 641. The molecule has 1 fully saturated rings. The lowest BCUT2D eigenvalue weighted by molar-refractivity contribution is 0.844. The largest absolute Gasteiger partial charge is 0.340 e. The van der Waals surface area contributed by atoms with Gasteiger partial charge in [-0.25, -0.2) is 9.97 Å². The van der Waals surface area contributed by atoms with Crippen LogP contribution in [-0.2, 0) is 6.54 Å². The highest BCUT2D eigenvalue weighted by Gasteiger charge is 2.26. The number of nitriles is 1. The van der Waals surface area contributed by atoms with E-state index in [1.165, 1.54) is 18.4 Å². The molecule has 1 heterocycles. The molecule has 0 N–H and O–H groups in total. The zero-order chi connectivity index (χ0) is 13.9. The van der Waals surface area contributed by atoms with Gasteiger partial charge in [0.2, 0.25) is 5.95 Å². The fraction of sp³-hybridized carbons (Fsp3) is 0.312. The molecule has 0 spiro atoms. The second kappa shape index (κ2) is 5.30. The number of anilines is 1. The Morgan fingerprint density at radius 3 is 2.65 bits per heavy atom. The predicted octanol–water partition coefficient (Wildman–Crippen LogP) is 2.86. The number of aromatic nitrogens is 2. The highest BCUT2D eigenvalue weighted by molar-refractivity contribution is 5.38. The lowest BCUT2D eigenvalue weighted by atomic mass is 10.2. The number of benzene rings is 1. The maximum atomic E-state index is 9.10. The van der Waals surface area contributed by atoms with Gasteiger partial charge in [-0.05, 0) is 24.5 Å². The summed E-state index contributed by atoms with van der Waals surface area (Å²) in [6.45, 7) is 0.736. The maximum absolute atomic E-state index is 9.10. The van der Waals surface area contributed by atoms with Gasteiger partial charge in [0.05, 0.1) is 5.69 Å². The molecule has 1 saturated carbocycles. The van der Waals surface area contributed by atoms with Gasteiger partial charge in [-0.2, -0.15) is 5.26 Å². The molecule has 1 aromatic heterocycles. The lowest BCUT2D eigenvalue weighted by Crippen LogP contribution is -2.20. The van der Waals surface area contributed by atoms with E-state index in [1.54, 1.807) is 0 Å². The maximum Gasteiger partial charge on any atom is 0.226 e. The van der Waals surface area contributed by atoms with Gasteiger partial charge in [-0.1, -0.05) is 30.3 Å². The third-order valence-corrected chi connectivity index (χ3v) is 3.45. The van der Waals surface area contributed by atoms with Gasteiger partial charge in [-0.3, -0.25) is 0 Å². The van der Waals surface area contributed by atoms with E-state index in [9.17, 15) is 0 Å². The van der Waals surface area contributed by atoms with Crippen molar-refractivity contribution in [3.05, 3.63) is 53.3 Å². The Balaban J connectivity index is 1.85. The molecule has 0 unspecified atom stereocenters. The first-order chi connectivity index (χ1) is 9.76. The van der Waals surface area contributed by atoms with Crippen molar-refractivity contribution in [3.8, 4) is 6.07 Å². The third kappa shape index (κ3) is 2.77. The zero-order valence-electron chi connectivity index (χ0n) is 11.5. The summed E-state index contributed by atoms with van der Waals surface area (Å²) in [7, 11) is 1.96. The first-order valence-corrected chi connectivity index (χ1v) is 6.80. The Morgan fingerprint density at radius 2 is 2.00 bits per heavy atom. The zero-order valence-corrected chi connectivity index (χ0v) is 11.5. The van der Waals surface area contributed by atoms with E-state index in [0.29, 0.717) is 17.6 Å². The Labute approximate surface area is 118 Å². The van der Waals surface area contributed by atoms with Gasteiger partial charge in [0.25, 0.3) is 0 Å². The van der Waals surface area contributed by atoms with Crippen molar-refractivity contribution in [2.24, 2.45) is 0 Å². The Morgan fingerprint density at radius 1 is 1.25 bits per heavy atom. The van der Waals surface area contributed by atoms with E-state index in [2.05, 4.69) is 28.2 Å². The van der Waals surface area contributed by atoms with Crippen molar-refractivity contribution in [2.45, 2.75) is 25.3 Å². The van der Waals surface area contributed by atoms with E-state index in [0.717, 1.165) is 12.2 Å². The molecule has 0 atom stereocenters. The molecule has 0 amide bonds. The molecule has 0 aliphatic heterocycles. The molecule has 2 aromatic rings. The van der Waals surface area contributed by atoms with Crippen LogP contribution in [0.2, 0.25) is 0 Å². The van der Waals surface area contributed by atoms with Gasteiger partial charge in [-0.15, -0.1) is 0 Å². The van der Waals surface area contributed by atoms with E-state index in [4.69, 9.17) is 5.26 Å². The average molecular weight is 264 g/mol. The predicted molar refractivity (Wildman–Crippen MR) is 77.3 cm³/mol. The SMILES string of the molecule is CN(Cc1ccccc1)c1nc(C#N)cc(C2CC2)n1. The van der Waals surface area contributed by atoms with Crippen molar-refractivity contribution >= 4 is 5.95 Å². The van der Waals surface area contributed by atoms with Gasteiger partial charge < -0.3 is 4.90 Å².